The third kappa shape index (κ3) is 3.05. The number of rotatable bonds is 3. The molecule has 0 spiro atoms. The van der Waals surface area contributed by atoms with Gasteiger partial charge in [-0.2, -0.15) is 13.2 Å². The molecular weight excluding hydrogens is 329 g/mol. The van der Waals surface area contributed by atoms with Gasteiger partial charge < -0.3 is 10.2 Å². The molecule has 25 heavy (non-hydrogen) atoms. The number of carbonyl (C=O) groups excluding carboxylic acids is 1. The summed E-state index contributed by atoms with van der Waals surface area (Å²) in [6.45, 7) is 1.49. The lowest BCUT2D eigenvalue weighted by molar-refractivity contribution is -0.138. The number of fused-ring (bicyclic) bond motifs is 2. The van der Waals surface area contributed by atoms with Crippen LogP contribution in [0.2, 0.25) is 0 Å². The first-order chi connectivity index (χ1) is 11.9. The fourth-order valence-electron chi connectivity index (χ4n) is 5.07. The van der Waals surface area contributed by atoms with E-state index in [0.717, 1.165) is 38.3 Å². The monoisotopic (exact) mass is 352 g/mol. The summed E-state index contributed by atoms with van der Waals surface area (Å²) in [5, 5.41) is 3.26. The average molecular weight is 352 g/mol. The number of nitrogens with one attached hydrogen (secondary N) is 1. The van der Waals surface area contributed by atoms with E-state index in [4.69, 9.17) is 0 Å². The largest absolute Gasteiger partial charge is 0.417 e. The van der Waals surface area contributed by atoms with Gasteiger partial charge in [0, 0.05) is 18.6 Å². The molecule has 1 N–H and O–H groups in total. The maximum absolute atomic E-state index is 13.4. The van der Waals surface area contributed by atoms with Gasteiger partial charge in [-0.05, 0) is 56.2 Å². The maximum atomic E-state index is 13.4. The number of hydrogen-bond acceptors (Lipinski definition) is 2. The zero-order valence-electron chi connectivity index (χ0n) is 14.1. The van der Waals surface area contributed by atoms with Crippen molar-refractivity contribution < 1.29 is 18.0 Å². The van der Waals surface area contributed by atoms with Crippen LogP contribution in [0.4, 0.5) is 13.2 Å². The van der Waals surface area contributed by atoms with Crippen LogP contribution in [0.1, 0.15) is 48.0 Å². The molecule has 1 heterocycles. The van der Waals surface area contributed by atoms with Gasteiger partial charge in [0.1, 0.15) is 0 Å². The molecule has 3 unspecified atom stereocenters. The van der Waals surface area contributed by atoms with Gasteiger partial charge in [-0.1, -0.05) is 18.6 Å². The lowest BCUT2D eigenvalue weighted by Gasteiger charge is -2.39. The predicted molar refractivity (Wildman–Crippen MR) is 88.1 cm³/mol. The molecule has 0 aromatic heterocycles. The SMILES string of the molecule is O=C(c1ccccc1C(F)(F)F)N(C1CC2CCC1C2)[C@H]1CCNC1. The molecular formula is C19H23F3N2O. The Balaban J connectivity index is 1.69. The second-order valence-electron chi connectivity index (χ2n) is 7.64. The molecule has 4 atom stereocenters. The maximum Gasteiger partial charge on any atom is 0.417 e. The van der Waals surface area contributed by atoms with Crippen LogP contribution in [0.5, 0.6) is 0 Å². The van der Waals surface area contributed by atoms with Crippen LogP contribution in [-0.2, 0) is 6.18 Å². The third-order valence-corrected chi connectivity index (χ3v) is 6.18. The van der Waals surface area contributed by atoms with Gasteiger partial charge in [-0.25, -0.2) is 0 Å². The summed E-state index contributed by atoms with van der Waals surface area (Å²) in [5.41, 5.74) is -1.02. The van der Waals surface area contributed by atoms with Gasteiger partial charge in [0.15, 0.2) is 0 Å². The van der Waals surface area contributed by atoms with Gasteiger partial charge in [0.25, 0.3) is 5.91 Å². The Morgan fingerprint density at radius 3 is 2.52 bits per heavy atom. The van der Waals surface area contributed by atoms with Crippen molar-refractivity contribution in [1.82, 2.24) is 10.2 Å². The molecule has 6 heteroatoms. The van der Waals surface area contributed by atoms with E-state index in [2.05, 4.69) is 5.32 Å². The van der Waals surface area contributed by atoms with E-state index in [1.54, 1.807) is 0 Å². The van der Waals surface area contributed by atoms with Crippen LogP contribution in [0.3, 0.4) is 0 Å². The normalized spacial score (nSPS) is 31.5. The van der Waals surface area contributed by atoms with Crippen molar-refractivity contribution in [3.63, 3.8) is 0 Å². The number of alkyl halides is 3. The van der Waals surface area contributed by atoms with Crippen molar-refractivity contribution in [2.24, 2.45) is 11.8 Å². The molecule has 2 bridgehead atoms. The summed E-state index contributed by atoms with van der Waals surface area (Å²) in [6, 6.07) is 5.30. The molecule has 1 saturated heterocycles. The van der Waals surface area contributed by atoms with E-state index in [0.29, 0.717) is 18.4 Å². The zero-order valence-corrected chi connectivity index (χ0v) is 14.1. The highest BCUT2D eigenvalue weighted by molar-refractivity contribution is 5.96. The Kier molecular flexibility index (Phi) is 4.26. The Morgan fingerprint density at radius 1 is 1.12 bits per heavy atom. The van der Waals surface area contributed by atoms with Crippen LogP contribution < -0.4 is 5.32 Å². The molecule has 2 saturated carbocycles. The smallest absolute Gasteiger partial charge is 0.331 e. The van der Waals surface area contributed by atoms with Crippen LogP contribution in [0.15, 0.2) is 24.3 Å². The van der Waals surface area contributed by atoms with Crippen molar-refractivity contribution in [2.45, 2.75) is 50.4 Å². The van der Waals surface area contributed by atoms with Gasteiger partial charge in [-0.15, -0.1) is 0 Å². The molecule has 136 valence electrons. The molecule has 0 radical (unpaired) electrons. The van der Waals surface area contributed by atoms with Crippen molar-refractivity contribution in [2.75, 3.05) is 13.1 Å². The second kappa shape index (κ2) is 6.31. The summed E-state index contributed by atoms with van der Waals surface area (Å²) in [4.78, 5) is 15.1. The highest BCUT2D eigenvalue weighted by Crippen LogP contribution is 2.48. The Bertz CT molecular complexity index is 654. The summed E-state index contributed by atoms with van der Waals surface area (Å²) in [6.07, 6.45) is 0.663. The fourth-order valence-corrected chi connectivity index (χ4v) is 5.07. The van der Waals surface area contributed by atoms with E-state index < -0.39 is 17.6 Å². The standard InChI is InChI=1S/C19H23F3N2O/c20-19(21,22)16-4-2-1-3-15(16)18(25)24(14-7-8-23-11-14)17-10-12-5-6-13(17)9-12/h1-4,12-14,17,23H,5-11H2/t12?,13?,14-,17?/m0/s1. The Labute approximate surface area is 145 Å². The van der Waals surface area contributed by atoms with Crippen LogP contribution >= 0.6 is 0 Å². The molecule has 2 aliphatic carbocycles. The minimum absolute atomic E-state index is 0.00172. The molecule has 1 amide bonds. The lowest BCUT2D eigenvalue weighted by Crippen LogP contribution is -2.50. The highest BCUT2D eigenvalue weighted by atomic mass is 19.4. The van der Waals surface area contributed by atoms with Gasteiger partial charge in [0.2, 0.25) is 0 Å². The average Bonchev–Trinajstić information content (AvgIpc) is 3.32. The first-order valence-electron chi connectivity index (χ1n) is 9.14. The number of benzene rings is 1. The van der Waals surface area contributed by atoms with Crippen molar-refractivity contribution >= 4 is 5.91 Å². The number of nitrogens with zero attached hydrogens (tertiary/aromatic N) is 1. The summed E-state index contributed by atoms with van der Waals surface area (Å²) in [7, 11) is 0. The Morgan fingerprint density at radius 2 is 1.92 bits per heavy atom. The predicted octanol–water partition coefficient (Wildman–Crippen LogP) is 3.70. The summed E-state index contributed by atoms with van der Waals surface area (Å²) >= 11 is 0. The van der Waals surface area contributed by atoms with E-state index in [1.165, 1.54) is 24.6 Å². The highest BCUT2D eigenvalue weighted by Gasteiger charge is 2.47. The first kappa shape index (κ1) is 16.9. The van der Waals surface area contributed by atoms with E-state index in [9.17, 15) is 18.0 Å². The summed E-state index contributed by atoms with van der Waals surface area (Å²) < 4.78 is 40.2. The van der Waals surface area contributed by atoms with Crippen LogP contribution in [-0.4, -0.2) is 36.0 Å². The van der Waals surface area contributed by atoms with Crippen LogP contribution in [0.25, 0.3) is 0 Å². The van der Waals surface area contributed by atoms with E-state index in [1.807, 2.05) is 4.90 Å². The molecule has 3 aliphatic rings. The minimum Gasteiger partial charge on any atom is -0.331 e. The van der Waals surface area contributed by atoms with Crippen molar-refractivity contribution in [3.8, 4) is 0 Å². The van der Waals surface area contributed by atoms with E-state index in [-0.39, 0.29) is 17.6 Å². The van der Waals surface area contributed by atoms with Gasteiger partial charge in [0.05, 0.1) is 11.1 Å². The van der Waals surface area contributed by atoms with Crippen LogP contribution in [0, 0.1) is 11.8 Å². The number of amides is 1. The molecule has 3 fully saturated rings. The van der Waals surface area contributed by atoms with Gasteiger partial charge >= 0.3 is 6.18 Å². The van der Waals surface area contributed by atoms with Gasteiger partial charge in [-0.3, -0.25) is 4.79 Å². The molecule has 1 aromatic carbocycles. The molecule has 1 aromatic rings. The number of halogens is 3. The van der Waals surface area contributed by atoms with Crippen molar-refractivity contribution in [1.29, 1.82) is 0 Å². The lowest BCUT2D eigenvalue weighted by atomic mass is 9.91. The minimum atomic E-state index is -4.51. The molecule has 1 aliphatic heterocycles. The Hall–Kier alpha value is -1.56. The number of hydrogen-bond donors (Lipinski definition) is 1. The molecule has 4 rings (SSSR count). The topological polar surface area (TPSA) is 32.3 Å². The fraction of sp³-hybridized carbons (Fsp3) is 0.632. The third-order valence-electron chi connectivity index (χ3n) is 6.18. The second-order valence-corrected chi connectivity index (χ2v) is 7.64. The summed E-state index contributed by atoms with van der Waals surface area (Å²) in [5.74, 6) is 0.643. The molecule has 3 nitrogen and oxygen atoms in total. The van der Waals surface area contributed by atoms with E-state index >= 15 is 0 Å². The quantitative estimate of drug-likeness (QED) is 0.900. The van der Waals surface area contributed by atoms with Crippen molar-refractivity contribution in [3.05, 3.63) is 35.4 Å². The zero-order chi connectivity index (χ0) is 17.6. The number of carbonyl (C=O) groups is 1. The first-order valence-corrected chi connectivity index (χ1v) is 9.14.